The van der Waals surface area contributed by atoms with Crippen molar-refractivity contribution in [3.63, 3.8) is 0 Å². The van der Waals surface area contributed by atoms with Gasteiger partial charge in [0.15, 0.2) is 9.84 Å². The van der Waals surface area contributed by atoms with Crippen LogP contribution in [0.1, 0.15) is 26.3 Å². The van der Waals surface area contributed by atoms with E-state index in [4.69, 9.17) is 0 Å². The molecule has 0 fully saturated rings. The molecular weight excluding hydrogens is 272 g/mol. The Morgan fingerprint density at radius 2 is 2.00 bits per heavy atom. The molecule has 5 heteroatoms. The molecule has 1 aromatic carbocycles. The Morgan fingerprint density at radius 3 is 2.70 bits per heavy atom. The lowest BCUT2D eigenvalue weighted by Crippen LogP contribution is -2.47. The van der Waals surface area contributed by atoms with Gasteiger partial charge < -0.3 is 10.2 Å². The van der Waals surface area contributed by atoms with Crippen molar-refractivity contribution in [2.45, 2.75) is 32.9 Å². The largest absolute Gasteiger partial charge is 0.368 e. The summed E-state index contributed by atoms with van der Waals surface area (Å²) in [6, 6.07) is 8.22. The van der Waals surface area contributed by atoms with Gasteiger partial charge in [0.25, 0.3) is 0 Å². The Morgan fingerprint density at radius 1 is 1.30 bits per heavy atom. The van der Waals surface area contributed by atoms with Crippen molar-refractivity contribution in [3.05, 3.63) is 29.8 Å². The number of para-hydroxylation sites is 1. The smallest absolute Gasteiger partial charge is 0.151 e. The molecule has 0 aliphatic carbocycles. The molecule has 1 N–H and O–H groups in total. The van der Waals surface area contributed by atoms with Crippen LogP contribution < -0.4 is 10.2 Å². The predicted molar refractivity (Wildman–Crippen MR) is 83.9 cm³/mol. The van der Waals surface area contributed by atoms with Crippen LogP contribution >= 0.6 is 0 Å². The van der Waals surface area contributed by atoms with Crippen LogP contribution in [0, 0.1) is 0 Å². The molecule has 4 nitrogen and oxygen atoms in total. The van der Waals surface area contributed by atoms with Crippen LogP contribution in [0.25, 0.3) is 0 Å². The molecule has 0 bridgehead atoms. The summed E-state index contributed by atoms with van der Waals surface area (Å²) in [5.74, 6) is 0.429. The van der Waals surface area contributed by atoms with Crippen molar-refractivity contribution >= 4 is 15.5 Å². The highest BCUT2D eigenvalue weighted by Crippen LogP contribution is 2.26. The van der Waals surface area contributed by atoms with Gasteiger partial charge in [-0.05, 0) is 25.5 Å². The summed E-state index contributed by atoms with van der Waals surface area (Å²) in [6.07, 6.45) is 0. The van der Waals surface area contributed by atoms with Crippen molar-refractivity contribution in [2.75, 3.05) is 29.5 Å². The molecule has 0 spiro atoms. The van der Waals surface area contributed by atoms with Crippen LogP contribution in [0.2, 0.25) is 0 Å². The van der Waals surface area contributed by atoms with Gasteiger partial charge in [-0.1, -0.05) is 25.1 Å². The molecule has 0 saturated carbocycles. The van der Waals surface area contributed by atoms with Crippen LogP contribution in [0.15, 0.2) is 24.3 Å². The van der Waals surface area contributed by atoms with Crippen molar-refractivity contribution < 1.29 is 8.42 Å². The minimum Gasteiger partial charge on any atom is -0.368 e. The first-order valence-electron chi connectivity index (χ1n) is 7.11. The summed E-state index contributed by atoms with van der Waals surface area (Å²) in [7, 11) is -2.93. The first kappa shape index (κ1) is 15.3. The fraction of sp³-hybridized carbons (Fsp3) is 0.600. The first-order valence-corrected chi connectivity index (χ1v) is 8.93. The zero-order chi connectivity index (χ0) is 14.8. The predicted octanol–water partition coefficient (Wildman–Crippen LogP) is 1.81. The van der Waals surface area contributed by atoms with Crippen LogP contribution in [0.5, 0.6) is 0 Å². The topological polar surface area (TPSA) is 49.4 Å². The van der Waals surface area contributed by atoms with Crippen LogP contribution in [0.4, 0.5) is 5.69 Å². The van der Waals surface area contributed by atoms with E-state index < -0.39 is 9.84 Å². The second kappa shape index (κ2) is 5.74. The number of nitrogens with zero attached hydrogens (tertiary/aromatic N) is 1. The van der Waals surface area contributed by atoms with E-state index in [1.807, 2.05) is 12.1 Å². The lowest BCUT2D eigenvalue weighted by molar-refractivity contribution is 0.397. The summed E-state index contributed by atoms with van der Waals surface area (Å²) in [4.78, 5) is 2.20. The molecule has 1 aliphatic heterocycles. The Hall–Kier alpha value is -1.07. The lowest BCUT2D eigenvalue weighted by Gasteiger charge is -2.32. The zero-order valence-electron chi connectivity index (χ0n) is 12.5. The van der Waals surface area contributed by atoms with E-state index in [1.165, 1.54) is 5.56 Å². The molecule has 0 saturated heterocycles. The average Bonchev–Trinajstić information content (AvgIpc) is 2.54. The van der Waals surface area contributed by atoms with Gasteiger partial charge in [0.1, 0.15) is 0 Å². The Bertz CT molecular complexity index is 567. The third-order valence-electron chi connectivity index (χ3n) is 3.79. The Balaban J connectivity index is 2.24. The second-order valence-electron chi connectivity index (χ2n) is 6.02. The molecule has 2 rings (SSSR count). The quantitative estimate of drug-likeness (QED) is 0.920. The first-order chi connectivity index (χ1) is 9.33. The molecule has 112 valence electrons. The summed E-state index contributed by atoms with van der Waals surface area (Å²) < 4.78 is 23.5. The van der Waals surface area contributed by atoms with Crippen LogP contribution in [-0.4, -0.2) is 38.6 Å². The third kappa shape index (κ3) is 3.73. The SMILES string of the molecule is CCS(=O)(=O)CCN1CC(C)(C)NCc2ccccc21. The van der Waals surface area contributed by atoms with Crippen molar-refractivity contribution in [3.8, 4) is 0 Å². The maximum atomic E-state index is 11.8. The fourth-order valence-corrected chi connectivity index (χ4v) is 3.30. The molecule has 1 heterocycles. The molecule has 0 aromatic heterocycles. The second-order valence-corrected chi connectivity index (χ2v) is 8.50. The highest BCUT2D eigenvalue weighted by Gasteiger charge is 2.27. The molecule has 1 aromatic rings. The number of hydrogen-bond acceptors (Lipinski definition) is 4. The maximum absolute atomic E-state index is 11.8. The van der Waals surface area contributed by atoms with Gasteiger partial charge in [-0.25, -0.2) is 8.42 Å². The number of hydrogen-bond donors (Lipinski definition) is 1. The van der Waals surface area contributed by atoms with E-state index in [0.717, 1.165) is 18.8 Å². The summed E-state index contributed by atoms with van der Waals surface area (Å²) in [5.41, 5.74) is 2.35. The van der Waals surface area contributed by atoms with Crippen LogP contribution in [0.3, 0.4) is 0 Å². The number of fused-ring (bicyclic) bond motifs is 1. The highest BCUT2D eigenvalue weighted by molar-refractivity contribution is 7.91. The molecular formula is C15H24N2O2S. The van der Waals surface area contributed by atoms with Crippen molar-refractivity contribution in [1.82, 2.24) is 5.32 Å². The summed E-state index contributed by atoms with van der Waals surface area (Å²) in [6.45, 7) is 8.19. The Kier molecular flexibility index (Phi) is 4.39. The zero-order valence-corrected chi connectivity index (χ0v) is 13.3. The number of sulfone groups is 1. The lowest BCUT2D eigenvalue weighted by atomic mass is 10.1. The molecule has 0 amide bonds. The van der Waals surface area contributed by atoms with E-state index in [9.17, 15) is 8.42 Å². The van der Waals surface area contributed by atoms with Crippen molar-refractivity contribution in [2.24, 2.45) is 0 Å². The van der Waals surface area contributed by atoms with Gasteiger partial charge in [-0.3, -0.25) is 0 Å². The standard InChI is InChI=1S/C15H24N2O2S/c1-4-20(18,19)10-9-17-12-15(2,3)16-11-13-7-5-6-8-14(13)17/h5-8,16H,4,9-12H2,1-3H3. The summed E-state index contributed by atoms with van der Waals surface area (Å²) >= 11 is 0. The number of anilines is 1. The monoisotopic (exact) mass is 296 g/mol. The molecule has 20 heavy (non-hydrogen) atoms. The van der Waals surface area contributed by atoms with Gasteiger partial charge in [-0.2, -0.15) is 0 Å². The summed E-state index contributed by atoms with van der Waals surface area (Å²) in [5, 5.41) is 3.53. The van der Waals surface area contributed by atoms with Gasteiger partial charge in [0.05, 0.1) is 5.75 Å². The minimum atomic E-state index is -2.93. The minimum absolute atomic E-state index is 0.0327. The van der Waals surface area contributed by atoms with Gasteiger partial charge >= 0.3 is 0 Å². The molecule has 1 aliphatic rings. The average molecular weight is 296 g/mol. The van der Waals surface area contributed by atoms with Gasteiger partial charge in [-0.15, -0.1) is 0 Å². The van der Waals surface area contributed by atoms with E-state index in [2.05, 4.69) is 36.2 Å². The number of benzene rings is 1. The maximum Gasteiger partial charge on any atom is 0.151 e. The fourth-order valence-electron chi connectivity index (χ4n) is 2.51. The molecule has 0 unspecified atom stereocenters. The van der Waals surface area contributed by atoms with Crippen molar-refractivity contribution in [1.29, 1.82) is 0 Å². The van der Waals surface area contributed by atoms with E-state index >= 15 is 0 Å². The molecule has 0 atom stereocenters. The van der Waals surface area contributed by atoms with E-state index in [-0.39, 0.29) is 17.0 Å². The molecule has 0 radical (unpaired) electrons. The van der Waals surface area contributed by atoms with Gasteiger partial charge in [0.2, 0.25) is 0 Å². The normalized spacial score (nSPS) is 18.4. The van der Waals surface area contributed by atoms with Crippen LogP contribution in [-0.2, 0) is 16.4 Å². The number of nitrogens with one attached hydrogen (secondary N) is 1. The number of rotatable bonds is 4. The third-order valence-corrected chi connectivity index (χ3v) is 5.47. The van der Waals surface area contributed by atoms with Gasteiger partial charge in [0, 0.05) is 36.6 Å². The highest BCUT2D eigenvalue weighted by atomic mass is 32.2. The van der Waals surface area contributed by atoms with E-state index in [1.54, 1.807) is 6.92 Å². The Labute approximate surface area is 122 Å². The van der Waals surface area contributed by atoms with E-state index in [0.29, 0.717) is 6.54 Å².